The molecule has 140 valence electrons. The molecule has 1 aliphatic rings. The fourth-order valence-corrected chi connectivity index (χ4v) is 4.62. The summed E-state index contributed by atoms with van der Waals surface area (Å²) in [5.41, 5.74) is 0.316. The Morgan fingerprint density at radius 1 is 1.24 bits per heavy atom. The molecule has 5 nitrogen and oxygen atoms in total. The number of aliphatic imine (C=N–C) groups is 1. The summed E-state index contributed by atoms with van der Waals surface area (Å²) in [7, 11) is -2.00. The second-order valence-electron chi connectivity index (χ2n) is 6.66. The average molecular weight is 370 g/mol. The van der Waals surface area contributed by atoms with E-state index >= 15 is 0 Å². The molecule has 0 bridgehead atoms. The molecule has 25 heavy (non-hydrogen) atoms. The SMILES string of the molecule is CCC1(CNC(=NC)NCCS(=O)(=O)c2ccccc2F)CCCC1. The number of halogens is 1. The third kappa shape index (κ3) is 5.17. The lowest BCUT2D eigenvalue weighted by Gasteiger charge is -2.28. The van der Waals surface area contributed by atoms with Gasteiger partial charge in [-0.05, 0) is 36.8 Å². The van der Waals surface area contributed by atoms with Crippen LogP contribution in [0.25, 0.3) is 0 Å². The van der Waals surface area contributed by atoms with Crippen molar-refractivity contribution < 1.29 is 12.8 Å². The maximum atomic E-state index is 13.7. The van der Waals surface area contributed by atoms with Crippen molar-refractivity contribution in [2.24, 2.45) is 10.4 Å². The van der Waals surface area contributed by atoms with Crippen molar-refractivity contribution in [1.82, 2.24) is 10.6 Å². The van der Waals surface area contributed by atoms with Crippen molar-refractivity contribution in [3.05, 3.63) is 30.1 Å². The standard InChI is InChI=1S/C18H28FN3O2S/c1-3-18(10-6-7-11-18)14-22-17(20-2)21-12-13-25(23,24)16-9-5-4-8-15(16)19/h4-5,8-9H,3,6-7,10-14H2,1-2H3,(H2,20,21,22). The van der Waals surface area contributed by atoms with Crippen LogP contribution in [0.15, 0.2) is 34.2 Å². The van der Waals surface area contributed by atoms with E-state index in [2.05, 4.69) is 22.5 Å². The molecule has 0 atom stereocenters. The normalized spacial score (nSPS) is 17.5. The Bertz CT molecular complexity index is 698. The summed E-state index contributed by atoms with van der Waals surface area (Å²) in [5.74, 6) is -0.312. The minimum absolute atomic E-state index is 0.176. The van der Waals surface area contributed by atoms with E-state index in [-0.39, 0.29) is 17.2 Å². The molecule has 1 saturated carbocycles. The maximum absolute atomic E-state index is 13.7. The van der Waals surface area contributed by atoms with Crippen LogP contribution in [0, 0.1) is 11.2 Å². The Morgan fingerprint density at radius 3 is 2.52 bits per heavy atom. The summed E-state index contributed by atoms with van der Waals surface area (Å²) in [5, 5.41) is 6.33. The first-order chi connectivity index (χ1) is 11.9. The number of benzene rings is 1. The number of hydrogen-bond donors (Lipinski definition) is 2. The first kappa shape index (κ1) is 19.7. The van der Waals surface area contributed by atoms with E-state index in [4.69, 9.17) is 0 Å². The van der Waals surface area contributed by atoms with Crippen LogP contribution in [-0.4, -0.2) is 40.3 Å². The van der Waals surface area contributed by atoms with Crippen molar-refractivity contribution in [1.29, 1.82) is 0 Å². The molecular formula is C18H28FN3O2S. The Hall–Kier alpha value is -1.63. The molecule has 2 N–H and O–H groups in total. The van der Waals surface area contributed by atoms with Crippen LogP contribution in [0.2, 0.25) is 0 Å². The van der Waals surface area contributed by atoms with Crippen molar-refractivity contribution in [3.63, 3.8) is 0 Å². The van der Waals surface area contributed by atoms with Gasteiger partial charge in [0.15, 0.2) is 15.8 Å². The van der Waals surface area contributed by atoms with Crippen LogP contribution in [-0.2, 0) is 9.84 Å². The fraction of sp³-hybridized carbons (Fsp3) is 0.611. The predicted molar refractivity (Wildman–Crippen MR) is 99.0 cm³/mol. The van der Waals surface area contributed by atoms with Crippen LogP contribution in [0.1, 0.15) is 39.0 Å². The Kier molecular flexibility index (Phi) is 6.81. The Labute approximate surface area is 150 Å². The van der Waals surface area contributed by atoms with Gasteiger partial charge in [0.25, 0.3) is 0 Å². The van der Waals surface area contributed by atoms with E-state index in [0.717, 1.165) is 19.0 Å². The minimum atomic E-state index is -3.66. The van der Waals surface area contributed by atoms with Gasteiger partial charge in [-0.2, -0.15) is 0 Å². The quantitative estimate of drug-likeness (QED) is 0.573. The lowest BCUT2D eigenvalue weighted by atomic mass is 9.83. The number of guanidine groups is 1. The van der Waals surface area contributed by atoms with Gasteiger partial charge in [0.05, 0.1) is 5.75 Å². The zero-order valence-corrected chi connectivity index (χ0v) is 15.8. The second-order valence-corrected chi connectivity index (χ2v) is 8.74. The number of nitrogens with one attached hydrogen (secondary N) is 2. The maximum Gasteiger partial charge on any atom is 0.191 e. The summed E-state index contributed by atoms with van der Waals surface area (Å²) in [4.78, 5) is 3.90. The van der Waals surface area contributed by atoms with Gasteiger partial charge in [0.1, 0.15) is 10.7 Å². The van der Waals surface area contributed by atoms with Crippen LogP contribution in [0.5, 0.6) is 0 Å². The number of sulfone groups is 1. The third-order valence-electron chi connectivity index (χ3n) is 5.10. The molecule has 7 heteroatoms. The van der Waals surface area contributed by atoms with Crippen molar-refractivity contribution in [3.8, 4) is 0 Å². The highest BCUT2D eigenvalue weighted by Gasteiger charge is 2.31. The summed E-state index contributed by atoms with van der Waals surface area (Å²) >= 11 is 0. The molecule has 1 aromatic carbocycles. The van der Waals surface area contributed by atoms with E-state index in [0.29, 0.717) is 11.4 Å². The molecule has 0 heterocycles. The molecule has 0 aliphatic heterocycles. The second kappa shape index (κ2) is 8.65. The van der Waals surface area contributed by atoms with Crippen LogP contribution >= 0.6 is 0 Å². The van der Waals surface area contributed by atoms with Crippen molar-refractivity contribution in [2.45, 2.75) is 43.9 Å². The average Bonchev–Trinajstić information content (AvgIpc) is 3.07. The highest BCUT2D eigenvalue weighted by atomic mass is 32.2. The predicted octanol–water partition coefficient (Wildman–Crippen LogP) is 2.73. The van der Waals surface area contributed by atoms with Crippen LogP contribution in [0.3, 0.4) is 0 Å². The van der Waals surface area contributed by atoms with Gasteiger partial charge in [-0.25, -0.2) is 12.8 Å². The van der Waals surface area contributed by atoms with Gasteiger partial charge in [0.2, 0.25) is 0 Å². The van der Waals surface area contributed by atoms with Crippen LogP contribution in [0.4, 0.5) is 4.39 Å². The number of rotatable bonds is 7. The molecule has 0 aromatic heterocycles. The molecule has 2 rings (SSSR count). The highest BCUT2D eigenvalue weighted by molar-refractivity contribution is 7.91. The molecule has 0 unspecified atom stereocenters. The van der Waals surface area contributed by atoms with E-state index in [1.807, 2.05) is 0 Å². The summed E-state index contributed by atoms with van der Waals surface area (Å²) in [6.45, 7) is 3.23. The molecule has 1 aliphatic carbocycles. The number of nitrogens with zero attached hydrogens (tertiary/aromatic N) is 1. The van der Waals surface area contributed by atoms with Gasteiger partial charge < -0.3 is 10.6 Å². The summed E-state index contributed by atoms with van der Waals surface area (Å²) in [6, 6.07) is 5.45. The lowest BCUT2D eigenvalue weighted by Crippen LogP contribution is -2.44. The smallest absolute Gasteiger partial charge is 0.191 e. The lowest BCUT2D eigenvalue weighted by molar-refractivity contribution is 0.283. The molecular weight excluding hydrogens is 341 g/mol. The molecule has 0 amide bonds. The number of hydrogen-bond acceptors (Lipinski definition) is 3. The van der Waals surface area contributed by atoms with E-state index < -0.39 is 15.7 Å². The molecule has 0 saturated heterocycles. The Balaban J connectivity index is 1.86. The van der Waals surface area contributed by atoms with Crippen molar-refractivity contribution >= 4 is 15.8 Å². The zero-order chi connectivity index (χ0) is 18.3. The third-order valence-corrected chi connectivity index (χ3v) is 6.85. The monoisotopic (exact) mass is 369 g/mol. The first-order valence-corrected chi connectivity index (χ1v) is 10.5. The zero-order valence-electron chi connectivity index (χ0n) is 15.0. The Morgan fingerprint density at radius 2 is 1.92 bits per heavy atom. The topological polar surface area (TPSA) is 70.6 Å². The molecule has 0 spiro atoms. The summed E-state index contributed by atoms with van der Waals surface area (Å²) in [6.07, 6.45) is 6.09. The van der Waals surface area contributed by atoms with Crippen molar-refractivity contribution in [2.75, 3.05) is 25.9 Å². The van der Waals surface area contributed by atoms with Gasteiger partial charge in [-0.3, -0.25) is 4.99 Å². The van der Waals surface area contributed by atoms with Gasteiger partial charge >= 0.3 is 0 Å². The molecule has 1 aromatic rings. The van der Waals surface area contributed by atoms with Crippen LogP contribution < -0.4 is 10.6 Å². The minimum Gasteiger partial charge on any atom is -0.356 e. The van der Waals surface area contributed by atoms with E-state index in [9.17, 15) is 12.8 Å². The van der Waals surface area contributed by atoms with E-state index in [1.54, 1.807) is 7.05 Å². The van der Waals surface area contributed by atoms with Gasteiger partial charge in [-0.15, -0.1) is 0 Å². The molecule has 1 fully saturated rings. The van der Waals surface area contributed by atoms with Gasteiger partial charge in [-0.1, -0.05) is 31.9 Å². The van der Waals surface area contributed by atoms with E-state index in [1.165, 1.54) is 43.9 Å². The van der Waals surface area contributed by atoms with Gasteiger partial charge in [0, 0.05) is 20.1 Å². The largest absolute Gasteiger partial charge is 0.356 e. The molecule has 0 radical (unpaired) electrons. The highest BCUT2D eigenvalue weighted by Crippen LogP contribution is 2.40. The fourth-order valence-electron chi connectivity index (χ4n) is 3.38. The summed E-state index contributed by atoms with van der Waals surface area (Å²) < 4.78 is 38.2. The first-order valence-electron chi connectivity index (χ1n) is 8.84.